The highest BCUT2D eigenvalue weighted by atomic mass is 19.3. The molecule has 1 nitrogen and oxygen atoms in total. The zero-order valence-electron chi connectivity index (χ0n) is 8.44. The van der Waals surface area contributed by atoms with Crippen LogP contribution < -0.4 is 5.73 Å². The molecule has 16 heavy (non-hydrogen) atoms. The molecule has 0 atom stereocenters. The Morgan fingerprint density at radius 1 is 1.19 bits per heavy atom. The number of halogens is 4. The predicted octanol–water partition coefficient (Wildman–Crippen LogP) is 3.24. The zero-order chi connectivity index (χ0) is 11.9. The van der Waals surface area contributed by atoms with E-state index in [9.17, 15) is 17.6 Å². The number of nitrogens with two attached hydrogens (primary N) is 1. The van der Waals surface area contributed by atoms with Crippen molar-refractivity contribution in [2.75, 3.05) is 0 Å². The van der Waals surface area contributed by atoms with Crippen molar-refractivity contribution in [3.05, 3.63) is 34.9 Å². The first-order valence-electron chi connectivity index (χ1n) is 5.00. The summed E-state index contributed by atoms with van der Waals surface area (Å²) >= 11 is 0. The van der Waals surface area contributed by atoms with E-state index in [1.165, 1.54) is 0 Å². The topological polar surface area (TPSA) is 26.0 Å². The lowest BCUT2D eigenvalue weighted by Crippen LogP contribution is -2.44. The molecule has 0 amide bonds. The van der Waals surface area contributed by atoms with E-state index in [1.54, 1.807) is 0 Å². The molecule has 5 heteroatoms. The molecule has 0 saturated heterocycles. The lowest BCUT2D eigenvalue weighted by Gasteiger charge is -2.39. The molecule has 1 aromatic carbocycles. The van der Waals surface area contributed by atoms with Gasteiger partial charge in [0.1, 0.15) is 0 Å². The highest BCUT2D eigenvalue weighted by molar-refractivity contribution is 5.34. The molecule has 0 spiro atoms. The summed E-state index contributed by atoms with van der Waals surface area (Å²) in [5.74, 6) is -2.36. The Balaban J connectivity index is 2.51. The van der Waals surface area contributed by atoms with Gasteiger partial charge in [-0.1, -0.05) is 0 Å². The van der Waals surface area contributed by atoms with Gasteiger partial charge in [-0.05, 0) is 31.4 Å². The fourth-order valence-corrected chi connectivity index (χ4v) is 1.93. The molecule has 0 aromatic heterocycles. The fourth-order valence-electron chi connectivity index (χ4n) is 1.93. The summed E-state index contributed by atoms with van der Waals surface area (Å²) < 4.78 is 51.5. The van der Waals surface area contributed by atoms with Gasteiger partial charge >= 0.3 is 0 Å². The highest BCUT2D eigenvalue weighted by Gasteiger charge is 2.38. The summed E-state index contributed by atoms with van der Waals surface area (Å²) in [6.45, 7) is 0. The van der Waals surface area contributed by atoms with Crippen LogP contribution in [0.4, 0.5) is 17.6 Å². The second kappa shape index (κ2) is 3.73. The molecule has 1 aliphatic carbocycles. The largest absolute Gasteiger partial charge is 0.321 e. The molecule has 1 fully saturated rings. The Hall–Kier alpha value is -1.10. The molecule has 0 heterocycles. The molecular weight excluding hydrogens is 222 g/mol. The number of alkyl halides is 2. The zero-order valence-corrected chi connectivity index (χ0v) is 8.44. The second-order valence-corrected chi connectivity index (χ2v) is 4.17. The third-order valence-electron chi connectivity index (χ3n) is 3.08. The van der Waals surface area contributed by atoms with E-state index in [1.807, 2.05) is 0 Å². The first-order chi connectivity index (χ1) is 7.44. The third-order valence-corrected chi connectivity index (χ3v) is 3.08. The Bertz CT molecular complexity index is 413. The molecule has 2 rings (SSSR count). The molecule has 88 valence electrons. The van der Waals surface area contributed by atoms with E-state index in [-0.39, 0.29) is 5.56 Å². The van der Waals surface area contributed by atoms with Crippen molar-refractivity contribution >= 4 is 0 Å². The Labute approximate surface area is 90.3 Å². The van der Waals surface area contributed by atoms with Gasteiger partial charge in [-0.2, -0.15) is 0 Å². The minimum atomic E-state index is -2.82. The van der Waals surface area contributed by atoms with Crippen molar-refractivity contribution in [2.45, 2.75) is 31.2 Å². The van der Waals surface area contributed by atoms with E-state index >= 15 is 0 Å². The summed E-state index contributed by atoms with van der Waals surface area (Å²) in [5, 5.41) is 0. The van der Waals surface area contributed by atoms with E-state index in [2.05, 4.69) is 0 Å². The molecule has 2 N–H and O–H groups in total. The predicted molar refractivity (Wildman–Crippen MR) is 51.0 cm³/mol. The second-order valence-electron chi connectivity index (χ2n) is 4.17. The highest BCUT2D eigenvalue weighted by Crippen LogP contribution is 2.41. The van der Waals surface area contributed by atoms with Crippen molar-refractivity contribution in [3.63, 3.8) is 0 Å². The van der Waals surface area contributed by atoms with Crippen molar-refractivity contribution < 1.29 is 17.6 Å². The van der Waals surface area contributed by atoms with Gasteiger partial charge in [0, 0.05) is 16.7 Å². The Morgan fingerprint density at radius 3 is 2.25 bits per heavy atom. The van der Waals surface area contributed by atoms with E-state index in [0.29, 0.717) is 18.9 Å². The minimum Gasteiger partial charge on any atom is -0.321 e. The van der Waals surface area contributed by atoms with E-state index < -0.39 is 29.2 Å². The molecule has 0 aliphatic heterocycles. The number of benzene rings is 1. The van der Waals surface area contributed by atoms with Crippen LogP contribution in [0.1, 0.15) is 36.8 Å². The normalized spacial score (nSPS) is 18.6. The maximum absolute atomic E-state index is 13.5. The van der Waals surface area contributed by atoms with Gasteiger partial charge in [-0.25, -0.2) is 17.6 Å². The molecule has 1 aromatic rings. The van der Waals surface area contributed by atoms with Crippen molar-refractivity contribution in [2.24, 2.45) is 5.73 Å². The van der Waals surface area contributed by atoms with Crippen LogP contribution in [0.25, 0.3) is 0 Å². The van der Waals surface area contributed by atoms with Crippen molar-refractivity contribution in [1.82, 2.24) is 0 Å². The fraction of sp³-hybridized carbons (Fsp3) is 0.455. The standard InChI is InChI=1S/C11H11F4N/c12-8-5-6(10(14)15)4-7(9(8)13)11(16)2-1-3-11/h4-5,10H,1-3,16H2. The van der Waals surface area contributed by atoms with Crippen LogP contribution in [0.5, 0.6) is 0 Å². The quantitative estimate of drug-likeness (QED) is 0.779. The molecule has 0 unspecified atom stereocenters. The lowest BCUT2D eigenvalue weighted by molar-refractivity contribution is 0.149. The number of hydrogen-bond acceptors (Lipinski definition) is 1. The first-order valence-corrected chi connectivity index (χ1v) is 5.00. The van der Waals surface area contributed by atoms with Crippen LogP contribution in [0.15, 0.2) is 12.1 Å². The Morgan fingerprint density at radius 2 is 1.81 bits per heavy atom. The smallest absolute Gasteiger partial charge is 0.263 e. The van der Waals surface area contributed by atoms with E-state index in [4.69, 9.17) is 5.73 Å². The van der Waals surface area contributed by atoms with Crippen LogP contribution in [0.3, 0.4) is 0 Å². The first kappa shape index (κ1) is 11.4. The molecule has 0 radical (unpaired) electrons. The maximum atomic E-state index is 13.5. The van der Waals surface area contributed by atoms with Crippen LogP contribution in [-0.4, -0.2) is 0 Å². The molecular formula is C11H11F4N. The summed E-state index contributed by atoms with van der Waals surface area (Å²) in [7, 11) is 0. The van der Waals surface area contributed by atoms with Crippen LogP contribution >= 0.6 is 0 Å². The third kappa shape index (κ3) is 1.69. The maximum Gasteiger partial charge on any atom is 0.263 e. The molecule has 1 saturated carbocycles. The summed E-state index contributed by atoms with van der Waals surface area (Å²) in [5.41, 5.74) is 4.18. The Kier molecular flexibility index (Phi) is 2.66. The van der Waals surface area contributed by atoms with Gasteiger partial charge in [0.05, 0.1) is 0 Å². The van der Waals surface area contributed by atoms with Gasteiger partial charge in [-0.3, -0.25) is 0 Å². The van der Waals surface area contributed by atoms with E-state index in [0.717, 1.165) is 12.5 Å². The average molecular weight is 233 g/mol. The van der Waals surface area contributed by atoms with Gasteiger partial charge in [-0.15, -0.1) is 0 Å². The minimum absolute atomic E-state index is 0.131. The van der Waals surface area contributed by atoms with Crippen LogP contribution in [-0.2, 0) is 5.54 Å². The molecule has 1 aliphatic rings. The van der Waals surface area contributed by atoms with Crippen LogP contribution in [0.2, 0.25) is 0 Å². The summed E-state index contributed by atoms with van der Waals surface area (Å²) in [4.78, 5) is 0. The molecule has 0 bridgehead atoms. The van der Waals surface area contributed by atoms with Gasteiger partial charge in [0.15, 0.2) is 11.6 Å². The summed E-state index contributed by atoms with van der Waals surface area (Å²) in [6, 6.07) is 1.49. The monoisotopic (exact) mass is 233 g/mol. The van der Waals surface area contributed by atoms with Gasteiger partial charge in [0.2, 0.25) is 0 Å². The summed E-state index contributed by atoms with van der Waals surface area (Å²) in [6.07, 6.45) is -1.03. The van der Waals surface area contributed by atoms with Crippen molar-refractivity contribution in [1.29, 1.82) is 0 Å². The number of rotatable bonds is 2. The SMILES string of the molecule is NC1(c2cc(C(F)F)cc(F)c2F)CCC1. The van der Waals surface area contributed by atoms with Gasteiger partial charge in [0.25, 0.3) is 6.43 Å². The van der Waals surface area contributed by atoms with Crippen LogP contribution in [0, 0.1) is 11.6 Å². The lowest BCUT2D eigenvalue weighted by atomic mass is 9.72. The van der Waals surface area contributed by atoms with Crippen molar-refractivity contribution in [3.8, 4) is 0 Å². The average Bonchev–Trinajstić information content (AvgIpc) is 2.18. The number of hydrogen-bond donors (Lipinski definition) is 1. The van der Waals surface area contributed by atoms with Gasteiger partial charge < -0.3 is 5.73 Å².